The van der Waals surface area contributed by atoms with Crippen molar-refractivity contribution < 1.29 is 14.6 Å². The number of hydrogen-bond donors (Lipinski definition) is 2. The standard InChI is InChI=1S/C14H20ClNO3/c1-4-5-19-14-12(15)6-11(7-13(14)18-3)9-16-8-10(2)17/h4,6-7,10,16-17H,1,5,8-9H2,2-3H3/t10-/m1/s1. The van der Waals surface area contributed by atoms with Gasteiger partial charge in [-0.1, -0.05) is 24.3 Å². The van der Waals surface area contributed by atoms with Crippen molar-refractivity contribution in [3.8, 4) is 11.5 Å². The minimum atomic E-state index is -0.382. The van der Waals surface area contributed by atoms with E-state index in [4.69, 9.17) is 21.1 Å². The van der Waals surface area contributed by atoms with Crippen LogP contribution in [0.2, 0.25) is 5.02 Å². The minimum absolute atomic E-state index is 0.371. The highest BCUT2D eigenvalue weighted by Crippen LogP contribution is 2.36. The number of methoxy groups -OCH3 is 1. The van der Waals surface area contributed by atoms with Crippen molar-refractivity contribution in [2.45, 2.75) is 19.6 Å². The molecule has 0 aliphatic carbocycles. The topological polar surface area (TPSA) is 50.7 Å². The molecule has 0 amide bonds. The molecule has 0 fully saturated rings. The lowest BCUT2D eigenvalue weighted by Crippen LogP contribution is -2.23. The summed E-state index contributed by atoms with van der Waals surface area (Å²) < 4.78 is 10.7. The van der Waals surface area contributed by atoms with Crippen molar-refractivity contribution in [3.63, 3.8) is 0 Å². The summed E-state index contributed by atoms with van der Waals surface area (Å²) in [5, 5.41) is 12.8. The summed E-state index contributed by atoms with van der Waals surface area (Å²) in [5.74, 6) is 1.10. The van der Waals surface area contributed by atoms with Gasteiger partial charge in [0.15, 0.2) is 11.5 Å². The average Bonchev–Trinajstić information content (AvgIpc) is 2.36. The van der Waals surface area contributed by atoms with Crippen LogP contribution in [0.15, 0.2) is 24.8 Å². The van der Waals surface area contributed by atoms with Gasteiger partial charge in [-0.05, 0) is 24.6 Å². The molecule has 1 aromatic rings. The Morgan fingerprint density at radius 3 is 2.84 bits per heavy atom. The van der Waals surface area contributed by atoms with Gasteiger partial charge in [-0.15, -0.1) is 0 Å². The number of halogens is 1. The molecule has 0 aliphatic heterocycles. The molecular weight excluding hydrogens is 266 g/mol. The molecule has 1 aromatic carbocycles. The first-order chi connectivity index (χ1) is 9.08. The monoisotopic (exact) mass is 285 g/mol. The predicted molar refractivity (Wildman–Crippen MR) is 77.1 cm³/mol. The van der Waals surface area contributed by atoms with E-state index in [1.165, 1.54) is 0 Å². The maximum atomic E-state index is 9.18. The summed E-state index contributed by atoms with van der Waals surface area (Å²) in [4.78, 5) is 0. The predicted octanol–water partition coefficient (Wildman–Crippen LogP) is 2.38. The first kappa shape index (κ1) is 15.8. The highest BCUT2D eigenvalue weighted by Gasteiger charge is 2.11. The van der Waals surface area contributed by atoms with Crippen molar-refractivity contribution >= 4 is 11.6 Å². The fraction of sp³-hybridized carbons (Fsp3) is 0.429. The van der Waals surface area contributed by atoms with Crippen LogP contribution >= 0.6 is 11.6 Å². The number of benzene rings is 1. The lowest BCUT2D eigenvalue weighted by Gasteiger charge is -2.14. The molecule has 2 N–H and O–H groups in total. The van der Waals surface area contributed by atoms with Gasteiger partial charge in [0.2, 0.25) is 0 Å². The molecule has 0 heterocycles. The molecular formula is C14H20ClNO3. The Morgan fingerprint density at radius 1 is 1.53 bits per heavy atom. The average molecular weight is 286 g/mol. The third-order valence-electron chi connectivity index (χ3n) is 2.40. The largest absolute Gasteiger partial charge is 0.493 e. The summed E-state index contributed by atoms with van der Waals surface area (Å²) in [6, 6.07) is 3.68. The molecule has 1 atom stereocenters. The van der Waals surface area contributed by atoms with Gasteiger partial charge < -0.3 is 19.9 Å². The first-order valence-electron chi connectivity index (χ1n) is 6.07. The van der Waals surface area contributed by atoms with Gasteiger partial charge in [0.1, 0.15) is 6.61 Å². The van der Waals surface area contributed by atoms with Gasteiger partial charge in [0.05, 0.1) is 18.2 Å². The van der Waals surface area contributed by atoms with Gasteiger partial charge in [0, 0.05) is 13.1 Å². The lowest BCUT2D eigenvalue weighted by molar-refractivity contribution is 0.191. The molecule has 0 unspecified atom stereocenters. The Bertz CT molecular complexity index is 421. The molecule has 1 rings (SSSR count). The fourth-order valence-electron chi connectivity index (χ4n) is 1.58. The van der Waals surface area contributed by atoms with E-state index in [0.717, 1.165) is 5.56 Å². The summed E-state index contributed by atoms with van der Waals surface area (Å²) in [5.41, 5.74) is 0.966. The van der Waals surface area contributed by atoms with Gasteiger partial charge in [-0.25, -0.2) is 0 Å². The summed E-state index contributed by atoms with van der Waals surface area (Å²) in [7, 11) is 1.57. The Labute approximate surface area is 119 Å². The van der Waals surface area contributed by atoms with E-state index in [1.54, 1.807) is 20.1 Å². The Morgan fingerprint density at radius 2 is 2.26 bits per heavy atom. The van der Waals surface area contributed by atoms with Crippen LogP contribution in [-0.4, -0.2) is 31.5 Å². The highest BCUT2D eigenvalue weighted by molar-refractivity contribution is 6.32. The van der Waals surface area contributed by atoms with Crippen LogP contribution in [0.25, 0.3) is 0 Å². The van der Waals surface area contributed by atoms with Gasteiger partial charge in [0.25, 0.3) is 0 Å². The Hall–Kier alpha value is -1.23. The minimum Gasteiger partial charge on any atom is -0.493 e. The van der Waals surface area contributed by atoms with Crippen molar-refractivity contribution in [1.29, 1.82) is 0 Å². The number of aliphatic hydroxyl groups is 1. The molecule has 4 nitrogen and oxygen atoms in total. The third-order valence-corrected chi connectivity index (χ3v) is 2.68. The van der Waals surface area contributed by atoms with Crippen LogP contribution in [0.1, 0.15) is 12.5 Å². The zero-order valence-corrected chi connectivity index (χ0v) is 12.0. The zero-order chi connectivity index (χ0) is 14.3. The second-order valence-electron chi connectivity index (χ2n) is 4.19. The number of hydrogen-bond acceptors (Lipinski definition) is 4. The van der Waals surface area contributed by atoms with E-state index < -0.39 is 0 Å². The quantitative estimate of drug-likeness (QED) is 0.720. The molecule has 19 heavy (non-hydrogen) atoms. The van der Waals surface area contributed by atoms with Crippen molar-refractivity contribution in [1.82, 2.24) is 5.32 Å². The second-order valence-corrected chi connectivity index (χ2v) is 4.60. The van der Waals surface area contributed by atoms with Crippen LogP contribution in [0.3, 0.4) is 0 Å². The lowest BCUT2D eigenvalue weighted by atomic mass is 10.2. The van der Waals surface area contributed by atoms with E-state index in [2.05, 4.69) is 11.9 Å². The van der Waals surface area contributed by atoms with Crippen molar-refractivity contribution in [2.75, 3.05) is 20.3 Å². The molecule has 106 valence electrons. The number of nitrogens with one attached hydrogen (secondary N) is 1. The van der Waals surface area contributed by atoms with Gasteiger partial charge in [-0.2, -0.15) is 0 Å². The fourth-order valence-corrected chi connectivity index (χ4v) is 1.87. The van der Waals surface area contributed by atoms with Crippen molar-refractivity contribution in [3.05, 3.63) is 35.4 Å². The first-order valence-corrected chi connectivity index (χ1v) is 6.45. The molecule has 0 spiro atoms. The maximum Gasteiger partial charge on any atom is 0.180 e. The van der Waals surface area contributed by atoms with Crippen molar-refractivity contribution in [2.24, 2.45) is 0 Å². The van der Waals surface area contributed by atoms with E-state index >= 15 is 0 Å². The van der Waals surface area contributed by atoms with Crippen LogP contribution < -0.4 is 14.8 Å². The molecule has 0 aromatic heterocycles. The molecule has 0 bridgehead atoms. The highest BCUT2D eigenvalue weighted by atomic mass is 35.5. The maximum absolute atomic E-state index is 9.18. The molecule has 5 heteroatoms. The van der Waals surface area contributed by atoms with Gasteiger partial charge in [-0.3, -0.25) is 0 Å². The SMILES string of the molecule is C=CCOc1c(Cl)cc(CNC[C@@H](C)O)cc1OC. The summed E-state index contributed by atoms with van der Waals surface area (Å²) >= 11 is 6.17. The van der Waals surface area contributed by atoms with Crippen LogP contribution in [-0.2, 0) is 6.54 Å². The van der Waals surface area contributed by atoms with Gasteiger partial charge >= 0.3 is 0 Å². The number of rotatable bonds is 8. The number of aliphatic hydroxyl groups excluding tert-OH is 1. The summed E-state index contributed by atoms with van der Waals surface area (Å²) in [6.07, 6.45) is 1.26. The molecule has 0 saturated heterocycles. The van der Waals surface area contributed by atoms with E-state index in [9.17, 15) is 5.11 Å². The zero-order valence-electron chi connectivity index (χ0n) is 11.3. The molecule has 0 radical (unpaired) electrons. The van der Waals surface area contributed by atoms with E-state index in [-0.39, 0.29) is 6.10 Å². The third kappa shape index (κ3) is 5.11. The van der Waals surface area contributed by atoms with Crippen LogP contribution in [0, 0.1) is 0 Å². The van der Waals surface area contributed by atoms with Crippen LogP contribution in [0.4, 0.5) is 0 Å². The van der Waals surface area contributed by atoms with E-state index in [1.807, 2.05) is 12.1 Å². The summed E-state index contributed by atoms with van der Waals surface area (Å²) in [6.45, 7) is 6.81. The second kappa shape index (κ2) is 8.04. The molecule has 0 saturated carbocycles. The Balaban J connectivity index is 2.80. The normalized spacial score (nSPS) is 12.0. The molecule has 0 aliphatic rings. The number of ether oxygens (including phenoxy) is 2. The Kier molecular flexibility index (Phi) is 6.70. The van der Waals surface area contributed by atoms with E-state index in [0.29, 0.717) is 36.2 Å². The smallest absolute Gasteiger partial charge is 0.180 e. The van der Waals surface area contributed by atoms with Crippen LogP contribution in [0.5, 0.6) is 11.5 Å².